The number of hydrogen-bond acceptors (Lipinski definition) is 4. The van der Waals surface area contributed by atoms with Crippen LogP contribution in [0, 0.1) is 5.92 Å². The highest BCUT2D eigenvalue weighted by molar-refractivity contribution is 14.0. The molecule has 3 N–H and O–H groups in total. The maximum Gasteiger partial charge on any atom is 0.193 e. The first-order valence-corrected chi connectivity index (χ1v) is 9.23. The minimum absolute atomic E-state index is 0. The van der Waals surface area contributed by atoms with Gasteiger partial charge in [0.2, 0.25) is 0 Å². The second-order valence-corrected chi connectivity index (χ2v) is 6.72. The van der Waals surface area contributed by atoms with Crippen LogP contribution in [0.15, 0.2) is 47.5 Å². The first-order valence-electron chi connectivity index (χ1n) is 9.23. The summed E-state index contributed by atoms with van der Waals surface area (Å²) in [4.78, 5) is 4.47. The van der Waals surface area contributed by atoms with Crippen molar-refractivity contribution in [1.82, 2.24) is 0 Å². The number of aliphatic imine (C=N–C) groups is 1. The van der Waals surface area contributed by atoms with Gasteiger partial charge in [0.05, 0.1) is 20.3 Å². The Morgan fingerprint density at radius 3 is 2.57 bits per heavy atom. The number of fused-ring (bicyclic) bond motifs is 1. The Bertz CT molecular complexity index is 781. The van der Waals surface area contributed by atoms with Gasteiger partial charge in [0, 0.05) is 24.7 Å². The minimum atomic E-state index is 0. The number of ether oxygens (including phenoxy) is 3. The van der Waals surface area contributed by atoms with E-state index in [1.54, 1.807) is 7.11 Å². The van der Waals surface area contributed by atoms with Gasteiger partial charge in [0.15, 0.2) is 17.5 Å². The zero-order valence-electron chi connectivity index (χ0n) is 16.3. The van der Waals surface area contributed by atoms with Crippen LogP contribution >= 0.6 is 24.0 Å². The fourth-order valence-corrected chi connectivity index (χ4v) is 2.91. The van der Waals surface area contributed by atoms with Gasteiger partial charge in [0.1, 0.15) is 5.75 Å². The number of anilines is 1. The number of guanidine groups is 1. The molecule has 2 aromatic carbocycles. The van der Waals surface area contributed by atoms with E-state index >= 15 is 0 Å². The number of halogens is 1. The Balaban J connectivity index is 0.00000280. The number of rotatable bonds is 6. The Kier molecular flexibility index (Phi) is 8.69. The van der Waals surface area contributed by atoms with E-state index in [-0.39, 0.29) is 24.0 Å². The maximum absolute atomic E-state index is 6.04. The van der Waals surface area contributed by atoms with Gasteiger partial charge in [0.25, 0.3) is 0 Å². The SMILES string of the molecule is COc1ccc(CC(C)CN=C(N)Nc2ccc3c(c2)OCCCO3)cc1.I. The van der Waals surface area contributed by atoms with Crippen molar-refractivity contribution in [2.24, 2.45) is 16.6 Å². The molecule has 0 radical (unpaired) electrons. The average Bonchev–Trinajstić information content (AvgIpc) is 2.92. The fourth-order valence-electron chi connectivity index (χ4n) is 2.91. The molecule has 7 heteroatoms. The van der Waals surface area contributed by atoms with Crippen molar-refractivity contribution < 1.29 is 14.2 Å². The summed E-state index contributed by atoms with van der Waals surface area (Å²) in [5.74, 6) is 3.14. The molecule has 3 rings (SSSR count). The van der Waals surface area contributed by atoms with E-state index in [1.807, 2.05) is 30.3 Å². The normalized spacial score (nSPS) is 14.4. The molecule has 152 valence electrons. The molecule has 0 saturated carbocycles. The third-order valence-electron chi connectivity index (χ3n) is 4.34. The van der Waals surface area contributed by atoms with Crippen LogP contribution in [-0.4, -0.2) is 32.8 Å². The predicted octanol–water partition coefficient (Wildman–Crippen LogP) is 4.08. The second kappa shape index (κ2) is 11.0. The number of benzene rings is 2. The molecular formula is C21H28IN3O3. The van der Waals surface area contributed by atoms with Crippen LogP contribution in [0.1, 0.15) is 18.9 Å². The van der Waals surface area contributed by atoms with Crippen LogP contribution < -0.4 is 25.3 Å². The van der Waals surface area contributed by atoms with Crippen LogP contribution in [0.25, 0.3) is 0 Å². The number of methoxy groups -OCH3 is 1. The topological polar surface area (TPSA) is 78.1 Å². The summed E-state index contributed by atoms with van der Waals surface area (Å²) in [6, 6.07) is 13.8. The third-order valence-corrected chi connectivity index (χ3v) is 4.34. The van der Waals surface area contributed by atoms with Gasteiger partial charge in [-0.25, -0.2) is 0 Å². The number of nitrogens with one attached hydrogen (secondary N) is 1. The Hall–Kier alpha value is -2.16. The summed E-state index contributed by atoms with van der Waals surface area (Å²) in [5, 5.41) is 3.12. The molecule has 0 aromatic heterocycles. The van der Waals surface area contributed by atoms with Crippen molar-refractivity contribution >= 4 is 35.6 Å². The van der Waals surface area contributed by atoms with E-state index in [1.165, 1.54) is 5.56 Å². The van der Waals surface area contributed by atoms with Crippen LogP contribution in [0.4, 0.5) is 5.69 Å². The van der Waals surface area contributed by atoms with Crippen molar-refractivity contribution in [3.63, 3.8) is 0 Å². The minimum Gasteiger partial charge on any atom is -0.497 e. The van der Waals surface area contributed by atoms with E-state index in [9.17, 15) is 0 Å². The lowest BCUT2D eigenvalue weighted by atomic mass is 10.0. The second-order valence-electron chi connectivity index (χ2n) is 6.72. The van der Waals surface area contributed by atoms with E-state index < -0.39 is 0 Å². The monoisotopic (exact) mass is 497 g/mol. The number of hydrogen-bond donors (Lipinski definition) is 2. The van der Waals surface area contributed by atoms with Crippen LogP contribution in [0.5, 0.6) is 17.2 Å². The molecule has 1 unspecified atom stereocenters. The summed E-state index contributed by atoms with van der Waals surface area (Å²) in [5.41, 5.74) is 8.14. The van der Waals surface area contributed by atoms with Gasteiger partial charge in [-0.15, -0.1) is 24.0 Å². The Labute approximate surface area is 183 Å². The molecule has 1 aliphatic rings. The molecule has 0 fully saturated rings. The van der Waals surface area contributed by atoms with Gasteiger partial charge < -0.3 is 25.3 Å². The zero-order chi connectivity index (χ0) is 19.1. The van der Waals surface area contributed by atoms with E-state index in [2.05, 4.69) is 29.4 Å². The van der Waals surface area contributed by atoms with Gasteiger partial charge in [-0.05, 0) is 42.2 Å². The standard InChI is InChI=1S/C21H27N3O3.HI/c1-15(12-16-4-7-18(25-2)8-5-16)14-23-21(22)24-17-6-9-19-20(13-17)27-11-3-10-26-19;/h4-9,13,15H,3,10-12,14H2,1-2H3,(H3,22,23,24);1H. The third kappa shape index (κ3) is 6.47. The lowest BCUT2D eigenvalue weighted by Crippen LogP contribution is -2.23. The molecule has 0 spiro atoms. The van der Waals surface area contributed by atoms with Crippen LogP contribution in [0.3, 0.4) is 0 Å². The van der Waals surface area contributed by atoms with Gasteiger partial charge in [-0.3, -0.25) is 4.99 Å². The molecule has 2 aromatic rings. The molecule has 0 aliphatic carbocycles. The van der Waals surface area contributed by atoms with Crippen molar-refractivity contribution in [3.05, 3.63) is 48.0 Å². The van der Waals surface area contributed by atoms with Crippen LogP contribution in [-0.2, 0) is 6.42 Å². The van der Waals surface area contributed by atoms with Gasteiger partial charge in [-0.1, -0.05) is 19.1 Å². The highest BCUT2D eigenvalue weighted by atomic mass is 127. The highest BCUT2D eigenvalue weighted by Crippen LogP contribution is 2.32. The number of nitrogens with zero attached hydrogens (tertiary/aromatic N) is 1. The maximum atomic E-state index is 6.04. The van der Waals surface area contributed by atoms with Gasteiger partial charge in [-0.2, -0.15) is 0 Å². The predicted molar refractivity (Wildman–Crippen MR) is 123 cm³/mol. The summed E-state index contributed by atoms with van der Waals surface area (Å²) in [7, 11) is 1.67. The summed E-state index contributed by atoms with van der Waals surface area (Å²) >= 11 is 0. The molecule has 0 saturated heterocycles. The van der Waals surface area contributed by atoms with Crippen molar-refractivity contribution in [2.45, 2.75) is 19.8 Å². The molecule has 1 heterocycles. The first kappa shape index (κ1) is 22.1. The lowest BCUT2D eigenvalue weighted by Gasteiger charge is -2.12. The first-order chi connectivity index (χ1) is 13.1. The fraction of sp³-hybridized carbons (Fsp3) is 0.381. The van der Waals surface area contributed by atoms with E-state index in [4.69, 9.17) is 19.9 Å². The van der Waals surface area contributed by atoms with Crippen molar-refractivity contribution in [3.8, 4) is 17.2 Å². The molecule has 0 bridgehead atoms. The Morgan fingerprint density at radius 2 is 1.86 bits per heavy atom. The van der Waals surface area contributed by atoms with Crippen molar-refractivity contribution in [2.75, 3.05) is 32.2 Å². The van der Waals surface area contributed by atoms with Crippen molar-refractivity contribution in [1.29, 1.82) is 0 Å². The highest BCUT2D eigenvalue weighted by Gasteiger charge is 2.11. The molecule has 1 atom stereocenters. The smallest absolute Gasteiger partial charge is 0.193 e. The Morgan fingerprint density at radius 1 is 1.14 bits per heavy atom. The van der Waals surface area contributed by atoms with Crippen LogP contribution in [0.2, 0.25) is 0 Å². The molecular weight excluding hydrogens is 469 g/mol. The summed E-state index contributed by atoms with van der Waals surface area (Å²) in [6.07, 6.45) is 1.82. The quantitative estimate of drug-likeness (QED) is 0.358. The molecule has 28 heavy (non-hydrogen) atoms. The van der Waals surface area contributed by atoms with E-state index in [0.29, 0.717) is 31.6 Å². The van der Waals surface area contributed by atoms with Gasteiger partial charge >= 0.3 is 0 Å². The molecule has 6 nitrogen and oxygen atoms in total. The summed E-state index contributed by atoms with van der Waals surface area (Å²) < 4.78 is 16.5. The molecule has 0 amide bonds. The van der Waals surface area contributed by atoms with E-state index in [0.717, 1.165) is 35.8 Å². The summed E-state index contributed by atoms with van der Waals surface area (Å²) in [6.45, 7) is 4.14. The average molecular weight is 497 g/mol. The largest absolute Gasteiger partial charge is 0.497 e. The number of nitrogens with two attached hydrogens (primary N) is 1. The lowest BCUT2D eigenvalue weighted by molar-refractivity contribution is 0.297. The zero-order valence-corrected chi connectivity index (χ0v) is 18.6. The molecule has 1 aliphatic heterocycles.